The minimum Gasteiger partial charge on any atom is -0.497 e. The largest absolute Gasteiger partial charge is 0.497 e. The van der Waals surface area contributed by atoms with Crippen molar-refractivity contribution >= 4 is 51.9 Å². The van der Waals surface area contributed by atoms with E-state index in [2.05, 4.69) is 10.3 Å². The number of carbonyl (C=O) groups excluding carboxylic acids is 1. The Morgan fingerprint density at radius 3 is 2.79 bits per heavy atom. The molecule has 0 radical (unpaired) electrons. The van der Waals surface area contributed by atoms with Crippen LogP contribution in [-0.2, 0) is 11.2 Å². The van der Waals surface area contributed by atoms with Crippen molar-refractivity contribution in [3.63, 3.8) is 0 Å². The first-order valence-electron chi connectivity index (χ1n) is 8.28. The molecular formula is C20H17Cl2N3O2S. The molecule has 8 heteroatoms. The molecule has 5 nitrogen and oxygen atoms in total. The molecule has 2 aromatic carbocycles. The lowest BCUT2D eigenvalue weighted by Gasteiger charge is -2.06. The third-order valence-corrected chi connectivity index (χ3v) is 5.26. The molecule has 0 atom stereocenters. The first-order chi connectivity index (χ1) is 13.1. The number of nitrogens with one attached hydrogen (secondary N) is 1. The Kier molecular flexibility index (Phi) is 6.24. The summed E-state index contributed by atoms with van der Waals surface area (Å²) in [6, 6.07) is 14.8. The summed E-state index contributed by atoms with van der Waals surface area (Å²) in [7, 11) is 1.60. The van der Waals surface area contributed by atoms with Crippen LogP contribution in [0.2, 0.25) is 5.02 Å². The molecule has 0 aliphatic carbocycles. The molecule has 2 heterocycles. The molecule has 4 aromatic rings. The molecule has 1 N–H and O–H groups in total. The topological polar surface area (TPSA) is 55.6 Å². The lowest BCUT2D eigenvalue weighted by atomic mass is 10.2. The van der Waals surface area contributed by atoms with Crippen molar-refractivity contribution in [1.29, 1.82) is 0 Å². The molecule has 0 spiro atoms. The summed E-state index contributed by atoms with van der Waals surface area (Å²) in [5.74, 6) is 0.609. The van der Waals surface area contributed by atoms with Gasteiger partial charge in [-0.05, 0) is 24.3 Å². The molecule has 2 aromatic heterocycles. The second kappa shape index (κ2) is 8.65. The molecule has 0 saturated carbocycles. The number of anilines is 1. The van der Waals surface area contributed by atoms with Crippen LogP contribution in [0, 0.1) is 0 Å². The van der Waals surface area contributed by atoms with E-state index < -0.39 is 0 Å². The smallest absolute Gasteiger partial charge is 0.230 e. The van der Waals surface area contributed by atoms with E-state index >= 15 is 0 Å². The van der Waals surface area contributed by atoms with Crippen molar-refractivity contribution in [3.8, 4) is 17.0 Å². The van der Waals surface area contributed by atoms with Gasteiger partial charge in [0.15, 0.2) is 4.96 Å². The second-order valence-electron chi connectivity index (χ2n) is 5.97. The highest BCUT2D eigenvalue weighted by molar-refractivity contribution is 7.15. The lowest BCUT2D eigenvalue weighted by Crippen LogP contribution is -2.15. The van der Waals surface area contributed by atoms with Crippen LogP contribution in [0.15, 0.2) is 60.1 Å². The summed E-state index contributed by atoms with van der Waals surface area (Å²) in [5.41, 5.74) is 3.44. The molecule has 0 unspecified atom stereocenters. The van der Waals surface area contributed by atoms with Crippen molar-refractivity contribution in [3.05, 3.63) is 70.8 Å². The summed E-state index contributed by atoms with van der Waals surface area (Å²) in [6.07, 6.45) is 2.21. The number of thiazole rings is 1. The number of imidazole rings is 1. The van der Waals surface area contributed by atoms with E-state index in [1.54, 1.807) is 13.2 Å². The first kappa shape index (κ1) is 20.2. The van der Waals surface area contributed by atoms with E-state index in [9.17, 15) is 4.79 Å². The van der Waals surface area contributed by atoms with Crippen molar-refractivity contribution in [2.75, 3.05) is 12.4 Å². The summed E-state index contributed by atoms with van der Waals surface area (Å²) < 4.78 is 7.14. The van der Waals surface area contributed by atoms with Gasteiger partial charge in [0.05, 0.1) is 19.2 Å². The van der Waals surface area contributed by atoms with E-state index in [0.717, 1.165) is 21.9 Å². The van der Waals surface area contributed by atoms with E-state index in [1.807, 2.05) is 58.4 Å². The van der Waals surface area contributed by atoms with Gasteiger partial charge in [0.1, 0.15) is 5.75 Å². The van der Waals surface area contributed by atoms with Gasteiger partial charge in [0, 0.05) is 39.6 Å². The summed E-state index contributed by atoms with van der Waals surface area (Å²) in [5, 5.41) is 5.55. The fourth-order valence-electron chi connectivity index (χ4n) is 2.79. The van der Waals surface area contributed by atoms with Gasteiger partial charge in [-0.25, -0.2) is 4.98 Å². The Morgan fingerprint density at radius 2 is 2.04 bits per heavy atom. The van der Waals surface area contributed by atoms with Gasteiger partial charge in [0.2, 0.25) is 5.91 Å². The maximum Gasteiger partial charge on any atom is 0.230 e. The summed E-state index contributed by atoms with van der Waals surface area (Å²) in [6.45, 7) is 0. The Morgan fingerprint density at radius 1 is 1.25 bits per heavy atom. The van der Waals surface area contributed by atoms with Crippen molar-refractivity contribution in [2.45, 2.75) is 6.42 Å². The highest BCUT2D eigenvalue weighted by atomic mass is 35.5. The molecule has 0 aliphatic heterocycles. The number of hydrogen-bond acceptors (Lipinski definition) is 4. The zero-order valence-electron chi connectivity index (χ0n) is 14.9. The minimum absolute atomic E-state index is 0. The van der Waals surface area contributed by atoms with Gasteiger partial charge in [0.25, 0.3) is 0 Å². The SMILES string of the molecule is COc1cccc(NC(=O)Cc2csc3nc(-c4ccc(Cl)cc4)cn23)c1.Cl. The normalized spacial score (nSPS) is 10.5. The van der Waals surface area contributed by atoms with Crippen LogP contribution in [0.3, 0.4) is 0 Å². The number of methoxy groups -OCH3 is 1. The Balaban J connectivity index is 0.00000225. The Labute approximate surface area is 177 Å². The molecule has 1 amide bonds. The number of benzene rings is 2. The molecule has 144 valence electrons. The minimum atomic E-state index is -0.0929. The summed E-state index contributed by atoms with van der Waals surface area (Å²) in [4.78, 5) is 17.9. The first-order valence-corrected chi connectivity index (χ1v) is 9.53. The van der Waals surface area contributed by atoms with E-state index in [1.165, 1.54) is 11.3 Å². The van der Waals surface area contributed by atoms with Gasteiger partial charge in [-0.1, -0.05) is 29.8 Å². The number of fused-ring (bicyclic) bond motifs is 1. The molecule has 0 fully saturated rings. The van der Waals surface area contributed by atoms with Crippen molar-refractivity contribution in [2.24, 2.45) is 0 Å². The van der Waals surface area contributed by atoms with Crippen molar-refractivity contribution < 1.29 is 9.53 Å². The maximum absolute atomic E-state index is 12.4. The highest BCUT2D eigenvalue weighted by Gasteiger charge is 2.13. The molecule has 0 aliphatic rings. The standard InChI is InChI=1S/C20H16ClN3O2S.ClH/c1-26-17-4-2-3-15(9-17)22-19(25)10-16-12-27-20-23-18(11-24(16)20)13-5-7-14(21)8-6-13;/h2-9,11-12H,10H2,1H3,(H,22,25);1H. The van der Waals surface area contributed by atoms with Crippen LogP contribution in [0.4, 0.5) is 5.69 Å². The van der Waals surface area contributed by atoms with Crippen molar-refractivity contribution in [1.82, 2.24) is 9.38 Å². The van der Waals surface area contributed by atoms with Crippen LogP contribution >= 0.6 is 35.3 Å². The zero-order valence-corrected chi connectivity index (χ0v) is 17.3. The summed E-state index contributed by atoms with van der Waals surface area (Å²) >= 11 is 7.46. The number of halogens is 2. The fourth-order valence-corrected chi connectivity index (χ4v) is 3.79. The number of carbonyl (C=O) groups is 1. The van der Waals surface area contributed by atoms with Crippen LogP contribution in [0.1, 0.15) is 5.69 Å². The van der Waals surface area contributed by atoms with Crippen LogP contribution in [0.5, 0.6) is 5.75 Å². The van der Waals surface area contributed by atoms with E-state index in [-0.39, 0.29) is 24.7 Å². The van der Waals surface area contributed by atoms with Gasteiger partial charge >= 0.3 is 0 Å². The quantitative estimate of drug-likeness (QED) is 0.462. The second-order valence-corrected chi connectivity index (χ2v) is 7.24. The molecule has 0 bridgehead atoms. The van der Waals surface area contributed by atoms with E-state index in [4.69, 9.17) is 16.3 Å². The number of nitrogens with zero attached hydrogens (tertiary/aromatic N) is 2. The van der Waals surface area contributed by atoms with Gasteiger partial charge in [-0.2, -0.15) is 0 Å². The maximum atomic E-state index is 12.4. The Hall–Kier alpha value is -2.54. The average Bonchev–Trinajstić information content (AvgIpc) is 3.24. The number of rotatable bonds is 5. The van der Waals surface area contributed by atoms with Crippen LogP contribution in [-0.4, -0.2) is 22.4 Å². The molecule has 0 saturated heterocycles. The molecule has 28 heavy (non-hydrogen) atoms. The van der Waals surface area contributed by atoms with Gasteiger partial charge in [-0.3, -0.25) is 9.20 Å². The number of aromatic nitrogens is 2. The van der Waals surface area contributed by atoms with Crippen LogP contribution < -0.4 is 10.1 Å². The highest BCUT2D eigenvalue weighted by Crippen LogP contribution is 2.25. The predicted molar refractivity (Wildman–Crippen MR) is 116 cm³/mol. The Bertz CT molecular complexity index is 1110. The number of ether oxygens (including phenoxy) is 1. The fraction of sp³-hybridized carbons (Fsp3) is 0.100. The molecule has 4 rings (SSSR count). The third kappa shape index (κ3) is 4.30. The van der Waals surface area contributed by atoms with Crippen LogP contribution in [0.25, 0.3) is 16.2 Å². The zero-order chi connectivity index (χ0) is 18.8. The number of hydrogen-bond donors (Lipinski definition) is 1. The monoisotopic (exact) mass is 433 g/mol. The van der Waals surface area contributed by atoms with Gasteiger partial charge in [-0.15, -0.1) is 23.7 Å². The van der Waals surface area contributed by atoms with Gasteiger partial charge < -0.3 is 10.1 Å². The third-order valence-electron chi connectivity index (χ3n) is 4.12. The average molecular weight is 434 g/mol. The lowest BCUT2D eigenvalue weighted by molar-refractivity contribution is -0.115. The predicted octanol–water partition coefficient (Wildman–Crippen LogP) is 5.33. The molecular weight excluding hydrogens is 417 g/mol. The van der Waals surface area contributed by atoms with E-state index in [0.29, 0.717) is 16.5 Å². The number of amides is 1.